The first-order valence-electron chi connectivity index (χ1n) is 7.43. The second kappa shape index (κ2) is 6.54. The maximum Gasteiger partial charge on any atom is 0.241 e. The molecule has 2 aromatic rings. The molecular weight excluding hydrogens is 264 g/mol. The molecule has 0 atom stereocenters. The van der Waals surface area contributed by atoms with Crippen LogP contribution in [0.3, 0.4) is 0 Å². The van der Waals surface area contributed by atoms with E-state index in [2.05, 4.69) is 20.4 Å². The van der Waals surface area contributed by atoms with Crippen molar-refractivity contribution in [3.63, 3.8) is 0 Å². The smallest absolute Gasteiger partial charge is 0.241 e. The lowest BCUT2D eigenvalue weighted by Gasteiger charge is -2.12. The highest BCUT2D eigenvalue weighted by molar-refractivity contribution is 5.99. The highest BCUT2D eigenvalue weighted by Crippen LogP contribution is 2.15. The fourth-order valence-electron chi connectivity index (χ4n) is 2.70. The van der Waals surface area contributed by atoms with Crippen molar-refractivity contribution in [3.8, 4) is 0 Å². The number of rotatable bonds is 5. The standard InChI is InChI=1S/C16H20N4O/c21-16(7-10-20-8-3-4-9-20)19-18-12-13-11-17-15-6-2-1-5-14(13)15/h1-2,5-6,11-12,17H,3-4,7-10H2,(H,19,21)/b18-12+. The summed E-state index contributed by atoms with van der Waals surface area (Å²) in [5.74, 6) is -0.0296. The van der Waals surface area contributed by atoms with Crippen LogP contribution in [0.5, 0.6) is 0 Å². The van der Waals surface area contributed by atoms with Crippen molar-refractivity contribution in [2.24, 2.45) is 5.10 Å². The third kappa shape index (κ3) is 3.49. The normalized spacial score (nSPS) is 16.0. The van der Waals surface area contributed by atoms with E-state index in [1.54, 1.807) is 6.21 Å². The minimum atomic E-state index is -0.0296. The van der Waals surface area contributed by atoms with E-state index in [4.69, 9.17) is 0 Å². The number of para-hydroxylation sites is 1. The van der Waals surface area contributed by atoms with E-state index in [1.807, 2.05) is 30.5 Å². The molecule has 1 saturated heterocycles. The Hall–Kier alpha value is -2.14. The average Bonchev–Trinajstić information content (AvgIpc) is 3.15. The summed E-state index contributed by atoms with van der Waals surface area (Å²) < 4.78 is 0. The Morgan fingerprint density at radius 2 is 2.14 bits per heavy atom. The summed E-state index contributed by atoms with van der Waals surface area (Å²) in [6.45, 7) is 3.06. The molecule has 1 aromatic heterocycles. The number of hydrogen-bond donors (Lipinski definition) is 2. The third-order valence-corrected chi connectivity index (χ3v) is 3.87. The number of carbonyl (C=O) groups excluding carboxylic acids is 1. The molecule has 2 N–H and O–H groups in total. The molecule has 1 aliphatic rings. The molecule has 5 nitrogen and oxygen atoms in total. The van der Waals surface area contributed by atoms with Crippen LogP contribution in [0.1, 0.15) is 24.8 Å². The summed E-state index contributed by atoms with van der Waals surface area (Å²) in [5.41, 5.74) is 4.65. The number of aromatic amines is 1. The van der Waals surface area contributed by atoms with Gasteiger partial charge in [-0.25, -0.2) is 5.43 Å². The number of amides is 1. The van der Waals surface area contributed by atoms with Gasteiger partial charge in [-0.1, -0.05) is 18.2 Å². The molecule has 1 aliphatic heterocycles. The summed E-state index contributed by atoms with van der Waals surface area (Å²) in [6.07, 6.45) is 6.59. The van der Waals surface area contributed by atoms with Crippen LogP contribution in [0.2, 0.25) is 0 Å². The lowest BCUT2D eigenvalue weighted by molar-refractivity contribution is -0.121. The highest BCUT2D eigenvalue weighted by atomic mass is 16.2. The number of nitrogens with zero attached hydrogens (tertiary/aromatic N) is 2. The molecule has 3 rings (SSSR count). The summed E-state index contributed by atoms with van der Waals surface area (Å²) in [4.78, 5) is 17.2. The van der Waals surface area contributed by atoms with Crippen molar-refractivity contribution < 1.29 is 4.79 Å². The Morgan fingerprint density at radius 3 is 3.00 bits per heavy atom. The fourth-order valence-corrected chi connectivity index (χ4v) is 2.70. The second-order valence-electron chi connectivity index (χ2n) is 5.38. The number of likely N-dealkylation sites (tertiary alicyclic amines) is 1. The van der Waals surface area contributed by atoms with Gasteiger partial charge < -0.3 is 9.88 Å². The van der Waals surface area contributed by atoms with Gasteiger partial charge in [-0.05, 0) is 32.0 Å². The molecule has 0 spiro atoms. The zero-order valence-corrected chi connectivity index (χ0v) is 12.0. The second-order valence-corrected chi connectivity index (χ2v) is 5.38. The third-order valence-electron chi connectivity index (χ3n) is 3.87. The summed E-state index contributed by atoms with van der Waals surface area (Å²) in [6, 6.07) is 8.02. The number of aromatic nitrogens is 1. The van der Waals surface area contributed by atoms with Gasteiger partial charge in [0.1, 0.15) is 0 Å². The maximum atomic E-state index is 11.7. The van der Waals surface area contributed by atoms with Gasteiger partial charge in [0.2, 0.25) is 5.91 Å². The number of H-pyrrole nitrogens is 1. The predicted molar refractivity (Wildman–Crippen MR) is 84.3 cm³/mol. The van der Waals surface area contributed by atoms with Crippen molar-refractivity contribution in [2.45, 2.75) is 19.3 Å². The average molecular weight is 284 g/mol. The van der Waals surface area contributed by atoms with E-state index in [1.165, 1.54) is 12.8 Å². The van der Waals surface area contributed by atoms with E-state index in [9.17, 15) is 4.79 Å². The Kier molecular flexibility index (Phi) is 4.31. The molecular formula is C16H20N4O. The Bertz CT molecular complexity index is 641. The molecule has 1 amide bonds. The Balaban J connectivity index is 1.50. The van der Waals surface area contributed by atoms with Crippen LogP contribution in [0.25, 0.3) is 10.9 Å². The summed E-state index contributed by atoms with van der Waals surface area (Å²) >= 11 is 0. The Labute approximate surface area is 124 Å². The van der Waals surface area contributed by atoms with Crippen LogP contribution in [-0.2, 0) is 4.79 Å². The van der Waals surface area contributed by atoms with Gasteiger partial charge in [0, 0.05) is 35.6 Å². The van der Waals surface area contributed by atoms with Crippen molar-refractivity contribution in [2.75, 3.05) is 19.6 Å². The number of benzene rings is 1. The minimum Gasteiger partial charge on any atom is -0.361 e. The van der Waals surface area contributed by atoms with Crippen molar-refractivity contribution in [1.82, 2.24) is 15.3 Å². The summed E-state index contributed by atoms with van der Waals surface area (Å²) in [7, 11) is 0. The zero-order chi connectivity index (χ0) is 14.5. The van der Waals surface area contributed by atoms with Crippen molar-refractivity contribution in [1.29, 1.82) is 0 Å². The number of hydrazone groups is 1. The Morgan fingerprint density at radius 1 is 1.33 bits per heavy atom. The highest BCUT2D eigenvalue weighted by Gasteiger charge is 2.12. The van der Waals surface area contributed by atoms with Crippen LogP contribution >= 0.6 is 0 Å². The molecule has 1 fully saturated rings. The monoisotopic (exact) mass is 284 g/mol. The molecule has 110 valence electrons. The molecule has 0 radical (unpaired) electrons. The number of hydrogen-bond acceptors (Lipinski definition) is 3. The zero-order valence-electron chi connectivity index (χ0n) is 12.0. The van der Waals surface area contributed by atoms with Crippen LogP contribution in [0.15, 0.2) is 35.6 Å². The minimum absolute atomic E-state index is 0.0296. The van der Waals surface area contributed by atoms with Crippen LogP contribution in [0, 0.1) is 0 Å². The van der Waals surface area contributed by atoms with E-state index < -0.39 is 0 Å². The van der Waals surface area contributed by atoms with Crippen LogP contribution in [0.4, 0.5) is 0 Å². The predicted octanol–water partition coefficient (Wildman–Crippen LogP) is 2.10. The quantitative estimate of drug-likeness (QED) is 0.652. The van der Waals surface area contributed by atoms with Gasteiger partial charge in [0.15, 0.2) is 0 Å². The topological polar surface area (TPSA) is 60.5 Å². The van der Waals surface area contributed by atoms with E-state index in [-0.39, 0.29) is 5.91 Å². The number of nitrogens with one attached hydrogen (secondary N) is 2. The van der Waals surface area contributed by atoms with Gasteiger partial charge in [0.05, 0.1) is 6.21 Å². The molecule has 2 heterocycles. The van der Waals surface area contributed by atoms with Crippen LogP contribution in [-0.4, -0.2) is 41.6 Å². The summed E-state index contributed by atoms with van der Waals surface area (Å²) in [5, 5.41) is 5.15. The van der Waals surface area contributed by atoms with Gasteiger partial charge in [-0.3, -0.25) is 4.79 Å². The lowest BCUT2D eigenvalue weighted by atomic mass is 10.2. The molecule has 0 aliphatic carbocycles. The largest absolute Gasteiger partial charge is 0.361 e. The SMILES string of the molecule is O=C(CCN1CCCC1)N/N=C/c1c[nH]c2ccccc12. The molecule has 0 saturated carbocycles. The fraction of sp³-hybridized carbons (Fsp3) is 0.375. The molecule has 0 bridgehead atoms. The first kappa shape index (κ1) is 13.8. The first-order chi connectivity index (χ1) is 10.3. The van der Waals surface area contributed by atoms with Gasteiger partial charge >= 0.3 is 0 Å². The van der Waals surface area contributed by atoms with E-state index in [0.29, 0.717) is 6.42 Å². The van der Waals surface area contributed by atoms with Crippen molar-refractivity contribution in [3.05, 3.63) is 36.0 Å². The lowest BCUT2D eigenvalue weighted by Crippen LogP contribution is -2.26. The number of fused-ring (bicyclic) bond motifs is 1. The van der Waals surface area contributed by atoms with Gasteiger partial charge in [-0.2, -0.15) is 5.10 Å². The van der Waals surface area contributed by atoms with Crippen LogP contribution < -0.4 is 5.43 Å². The van der Waals surface area contributed by atoms with E-state index in [0.717, 1.165) is 36.1 Å². The van der Waals surface area contributed by atoms with E-state index >= 15 is 0 Å². The van der Waals surface area contributed by atoms with Gasteiger partial charge in [-0.15, -0.1) is 0 Å². The first-order valence-corrected chi connectivity index (χ1v) is 7.43. The van der Waals surface area contributed by atoms with Crippen molar-refractivity contribution >= 4 is 23.0 Å². The van der Waals surface area contributed by atoms with Gasteiger partial charge in [0.25, 0.3) is 0 Å². The molecule has 0 unspecified atom stereocenters. The maximum absolute atomic E-state index is 11.7. The molecule has 21 heavy (non-hydrogen) atoms. The molecule has 1 aromatic carbocycles. The molecule has 5 heteroatoms. The number of carbonyl (C=O) groups is 1.